The van der Waals surface area contributed by atoms with Gasteiger partial charge in [-0.05, 0) is 93.9 Å². The highest BCUT2D eigenvalue weighted by atomic mass is 35.5. The smallest absolute Gasteiger partial charge is 0.261 e. The lowest BCUT2D eigenvalue weighted by Gasteiger charge is -2.15. The van der Waals surface area contributed by atoms with E-state index in [0.29, 0.717) is 81.4 Å². The van der Waals surface area contributed by atoms with Crippen LogP contribution in [-0.2, 0) is 0 Å². The minimum atomic E-state index is -0.372. The van der Waals surface area contributed by atoms with Crippen molar-refractivity contribution in [3.63, 3.8) is 0 Å². The number of hydrogen-bond donors (Lipinski definition) is 3. The fourth-order valence-corrected chi connectivity index (χ4v) is 7.36. The number of hydrogen-bond acceptors (Lipinski definition) is 11. The van der Waals surface area contributed by atoms with Crippen LogP contribution in [0.4, 0.5) is 11.6 Å². The Bertz CT molecular complexity index is 2990. The number of aromatic nitrogens is 4. The van der Waals surface area contributed by atoms with Gasteiger partial charge in [0.15, 0.2) is 11.4 Å². The molecule has 0 atom stereocenters. The molecular weight excluding hydrogens is 876 g/mol. The van der Waals surface area contributed by atoms with E-state index in [1.165, 1.54) is 9.58 Å². The molecule has 0 aliphatic carbocycles. The summed E-state index contributed by atoms with van der Waals surface area (Å²) >= 11 is 12.0. The second-order valence-corrected chi connectivity index (χ2v) is 16.1. The first-order valence-corrected chi connectivity index (χ1v) is 21.6. The standard InChI is InChI=1S/C29H22ClN5O3.C21H20ClN5O/c1-18-7-9-19(10-8-18)26(36)25-24(17-31)27(35(33-25)21-13-11-20(30)12-14-21)32-15-4-16-34-28(37)22-5-2-3-6-23(22)29(34)38;1-14-3-5-15(6-4-14)20(28)19-18(13-24)21(25-12-2-11-23)27(26-19)17-9-7-16(22)8-10-17/h2-3,5-14,32H,4,15-16H2,1H3;3-10,25H,2,11-12,23H2,1H3. The van der Waals surface area contributed by atoms with Crippen LogP contribution in [0.2, 0.25) is 10.0 Å². The number of halogens is 2. The van der Waals surface area contributed by atoms with E-state index in [1.807, 2.05) is 38.1 Å². The van der Waals surface area contributed by atoms with Crippen LogP contribution in [-0.4, -0.2) is 74.0 Å². The van der Waals surface area contributed by atoms with E-state index in [1.54, 1.807) is 102 Å². The van der Waals surface area contributed by atoms with Crippen LogP contribution >= 0.6 is 23.2 Å². The van der Waals surface area contributed by atoms with E-state index in [4.69, 9.17) is 28.9 Å². The maximum Gasteiger partial charge on any atom is 0.261 e. The maximum atomic E-state index is 13.3. The third kappa shape index (κ3) is 9.92. The Hall–Kier alpha value is -7.88. The van der Waals surface area contributed by atoms with Crippen LogP contribution in [0.3, 0.4) is 0 Å². The number of nitriles is 2. The molecule has 1 aliphatic rings. The van der Waals surface area contributed by atoms with Gasteiger partial charge in [-0.15, -0.1) is 0 Å². The summed E-state index contributed by atoms with van der Waals surface area (Å²) in [7, 11) is 0. The summed E-state index contributed by atoms with van der Waals surface area (Å²) in [5.41, 5.74) is 11.1. The lowest BCUT2D eigenvalue weighted by molar-refractivity contribution is 0.0653. The molecule has 0 spiro atoms. The Morgan fingerprint density at radius 2 is 1.00 bits per heavy atom. The van der Waals surface area contributed by atoms with Crippen molar-refractivity contribution in [1.82, 2.24) is 24.5 Å². The summed E-state index contributed by atoms with van der Waals surface area (Å²) < 4.78 is 3.06. The van der Waals surface area contributed by atoms with Crippen molar-refractivity contribution in [2.24, 2.45) is 5.73 Å². The van der Waals surface area contributed by atoms with Crippen LogP contribution in [0.25, 0.3) is 11.4 Å². The normalized spacial score (nSPS) is 11.6. The Labute approximate surface area is 390 Å². The molecule has 7 aromatic rings. The summed E-state index contributed by atoms with van der Waals surface area (Å²) in [5.74, 6) is -0.503. The molecule has 0 unspecified atom stereocenters. The number of aryl methyl sites for hydroxylation is 2. The second kappa shape index (κ2) is 20.7. The molecule has 0 bridgehead atoms. The number of nitrogens with two attached hydrogens (primary N) is 1. The quantitative estimate of drug-likeness (QED) is 0.0504. The predicted octanol–water partition coefficient (Wildman–Crippen LogP) is 8.73. The van der Waals surface area contributed by atoms with Gasteiger partial charge in [-0.3, -0.25) is 24.1 Å². The fraction of sp³-hybridized carbons (Fsp3) is 0.160. The molecular formula is C50H42Cl2N10O4. The fourth-order valence-electron chi connectivity index (χ4n) is 7.11. The summed E-state index contributed by atoms with van der Waals surface area (Å²) in [5, 5.41) is 36.3. The van der Waals surface area contributed by atoms with Gasteiger partial charge in [-0.1, -0.05) is 95.0 Å². The number of imide groups is 1. The Balaban J connectivity index is 0.000000206. The molecule has 2 aromatic heterocycles. The van der Waals surface area contributed by atoms with Gasteiger partial charge in [0.1, 0.15) is 34.9 Å². The lowest BCUT2D eigenvalue weighted by atomic mass is 10.0. The maximum absolute atomic E-state index is 13.3. The number of anilines is 2. The minimum absolute atomic E-state index is 0.0224. The average molecular weight is 918 g/mol. The first-order valence-electron chi connectivity index (χ1n) is 20.9. The van der Waals surface area contributed by atoms with Gasteiger partial charge in [0.05, 0.1) is 22.5 Å². The molecule has 1 aliphatic heterocycles. The highest BCUT2D eigenvalue weighted by Gasteiger charge is 2.34. The van der Waals surface area contributed by atoms with Gasteiger partial charge in [-0.25, -0.2) is 9.36 Å². The van der Waals surface area contributed by atoms with E-state index in [0.717, 1.165) is 17.5 Å². The molecule has 0 radical (unpaired) electrons. The molecule has 66 heavy (non-hydrogen) atoms. The average Bonchev–Trinajstić information content (AvgIpc) is 3.97. The molecule has 0 saturated heterocycles. The van der Waals surface area contributed by atoms with Crippen molar-refractivity contribution in [1.29, 1.82) is 10.5 Å². The number of carbonyl (C=O) groups is 4. The number of ketones is 2. The molecule has 2 amide bonds. The summed E-state index contributed by atoms with van der Waals surface area (Å²) in [6, 6.07) is 39.1. The molecule has 3 heterocycles. The van der Waals surface area contributed by atoms with Gasteiger partial charge in [0, 0.05) is 40.8 Å². The highest BCUT2D eigenvalue weighted by Crippen LogP contribution is 2.29. The summed E-state index contributed by atoms with van der Waals surface area (Å²) in [4.78, 5) is 52.9. The predicted molar refractivity (Wildman–Crippen MR) is 253 cm³/mol. The van der Waals surface area contributed by atoms with E-state index in [2.05, 4.69) is 33.0 Å². The van der Waals surface area contributed by atoms with Crippen molar-refractivity contribution in [3.05, 3.63) is 187 Å². The third-order valence-corrected chi connectivity index (χ3v) is 11.1. The van der Waals surface area contributed by atoms with Crippen molar-refractivity contribution < 1.29 is 19.2 Å². The molecule has 0 saturated carbocycles. The molecule has 330 valence electrons. The number of benzene rings is 5. The number of carbonyl (C=O) groups excluding carboxylic acids is 4. The largest absolute Gasteiger partial charge is 0.369 e. The molecule has 16 heteroatoms. The molecule has 5 aromatic carbocycles. The third-order valence-electron chi connectivity index (χ3n) is 10.6. The van der Waals surface area contributed by atoms with E-state index < -0.39 is 0 Å². The minimum Gasteiger partial charge on any atom is -0.369 e. The van der Waals surface area contributed by atoms with E-state index in [-0.39, 0.29) is 52.4 Å². The molecule has 8 rings (SSSR count). The van der Waals surface area contributed by atoms with Crippen molar-refractivity contribution in [2.75, 3.05) is 36.8 Å². The Kier molecular flexibility index (Phi) is 14.5. The summed E-state index contributed by atoms with van der Waals surface area (Å²) in [6.45, 7) is 5.46. The monoisotopic (exact) mass is 916 g/mol. The van der Waals surface area contributed by atoms with E-state index in [9.17, 15) is 29.7 Å². The molecule has 0 fully saturated rings. The highest BCUT2D eigenvalue weighted by molar-refractivity contribution is 6.31. The molecule has 4 N–H and O–H groups in total. The van der Waals surface area contributed by atoms with Crippen LogP contribution in [0.5, 0.6) is 0 Å². The van der Waals surface area contributed by atoms with Gasteiger partial charge < -0.3 is 16.4 Å². The van der Waals surface area contributed by atoms with Crippen LogP contribution in [0, 0.1) is 36.5 Å². The van der Waals surface area contributed by atoms with Crippen molar-refractivity contribution in [2.45, 2.75) is 26.7 Å². The second-order valence-electron chi connectivity index (χ2n) is 15.2. The topological polar surface area (TPSA) is 205 Å². The zero-order chi connectivity index (χ0) is 46.9. The Morgan fingerprint density at radius 1 is 0.606 bits per heavy atom. The van der Waals surface area contributed by atoms with Gasteiger partial charge in [0.2, 0.25) is 11.6 Å². The number of rotatable bonds is 15. The number of amides is 2. The van der Waals surface area contributed by atoms with Crippen molar-refractivity contribution >= 4 is 58.2 Å². The number of nitrogens with zero attached hydrogens (tertiary/aromatic N) is 7. The first kappa shape index (κ1) is 46.1. The molecule has 14 nitrogen and oxygen atoms in total. The van der Waals surface area contributed by atoms with Crippen LogP contribution in [0.15, 0.2) is 121 Å². The van der Waals surface area contributed by atoms with Gasteiger partial charge >= 0.3 is 0 Å². The van der Waals surface area contributed by atoms with Crippen molar-refractivity contribution in [3.8, 4) is 23.5 Å². The van der Waals surface area contributed by atoms with E-state index >= 15 is 0 Å². The van der Waals surface area contributed by atoms with Crippen LogP contribution in [0.1, 0.15) is 87.9 Å². The zero-order valence-electron chi connectivity index (χ0n) is 35.9. The first-order chi connectivity index (χ1) is 31.9. The number of nitrogens with one attached hydrogen (secondary N) is 2. The van der Waals surface area contributed by atoms with Gasteiger partial charge in [0.25, 0.3) is 11.8 Å². The zero-order valence-corrected chi connectivity index (χ0v) is 37.4. The number of fused-ring (bicyclic) bond motifs is 1. The summed E-state index contributed by atoms with van der Waals surface area (Å²) in [6.07, 6.45) is 1.14. The SMILES string of the molecule is Cc1ccc(C(=O)c2nn(-c3ccc(Cl)cc3)c(NCCCN)c2C#N)cc1.Cc1ccc(C(=O)c2nn(-c3ccc(Cl)cc3)c(NCCCN3C(=O)c4ccccc4C3=O)c2C#N)cc1. The van der Waals surface area contributed by atoms with Gasteiger partial charge in [-0.2, -0.15) is 20.7 Å². The van der Waals surface area contributed by atoms with Crippen LogP contribution < -0.4 is 16.4 Å². The lowest BCUT2D eigenvalue weighted by Crippen LogP contribution is -2.31. The Morgan fingerprint density at radius 3 is 1.38 bits per heavy atom.